The zero-order valence-corrected chi connectivity index (χ0v) is 8.65. The fourth-order valence-corrected chi connectivity index (χ4v) is 1.91. The highest BCUT2D eigenvalue weighted by atomic mass is 19.3. The minimum absolute atomic E-state index is 0.148. The number of hydrogen-bond donors (Lipinski definition) is 0. The van der Waals surface area contributed by atoms with Gasteiger partial charge in [-0.25, -0.2) is 8.78 Å². The summed E-state index contributed by atoms with van der Waals surface area (Å²) in [5, 5.41) is 0. The fourth-order valence-electron chi connectivity index (χ4n) is 1.91. The zero-order valence-electron chi connectivity index (χ0n) is 8.65. The first-order valence-corrected chi connectivity index (χ1v) is 5.48. The number of alkyl halides is 2. The Labute approximate surface area is 79.7 Å². The van der Waals surface area contributed by atoms with Crippen LogP contribution in [-0.2, 0) is 0 Å². The van der Waals surface area contributed by atoms with Crippen LogP contribution < -0.4 is 0 Å². The van der Waals surface area contributed by atoms with E-state index in [4.69, 9.17) is 0 Å². The first-order chi connectivity index (χ1) is 6.10. The summed E-state index contributed by atoms with van der Waals surface area (Å²) in [4.78, 5) is 0. The average molecular weight is 190 g/mol. The highest BCUT2D eigenvalue weighted by Gasteiger charge is 2.56. The molecule has 0 radical (unpaired) electrons. The van der Waals surface area contributed by atoms with E-state index in [0.717, 1.165) is 19.3 Å². The van der Waals surface area contributed by atoms with Crippen LogP contribution in [0.15, 0.2) is 0 Å². The molecule has 2 unspecified atom stereocenters. The van der Waals surface area contributed by atoms with Gasteiger partial charge in [-0.1, -0.05) is 39.5 Å². The summed E-state index contributed by atoms with van der Waals surface area (Å²) in [5.41, 5.74) is 0. The lowest BCUT2D eigenvalue weighted by atomic mass is 9.93. The summed E-state index contributed by atoms with van der Waals surface area (Å²) in [6.07, 6.45) is 5.47. The molecular formula is C11H20F2. The van der Waals surface area contributed by atoms with Gasteiger partial charge in [0, 0.05) is 12.3 Å². The molecule has 0 aliphatic heterocycles. The minimum Gasteiger partial charge on any atom is -0.207 e. The molecule has 1 rings (SSSR count). The van der Waals surface area contributed by atoms with E-state index in [1.165, 1.54) is 12.8 Å². The topological polar surface area (TPSA) is 0 Å². The summed E-state index contributed by atoms with van der Waals surface area (Å²) in [6.45, 7) is 4.26. The molecule has 0 amide bonds. The molecule has 0 saturated heterocycles. The van der Waals surface area contributed by atoms with Crippen LogP contribution in [0.5, 0.6) is 0 Å². The first kappa shape index (κ1) is 10.9. The third kappa shape index (κ3) is 3.24. The van der Waals surface area contributed by atoms with Crippen molar-refractivity contribution in [3.8, 4) is 0 Å². The van der Waals surface area contributed by atoms with Gasteiger partial charge < -0.3 is 0 Å². The molecule has 1 aliphatic rings. The van der Waals surface area contributed by atoms with E-state index in [1.807, 2.05) is 0 Å². The van der Waals surface area contributed by atoms with Crippen molar-refractivity contribution in [2.75, 3.05) is 0 Å². The molecule has 0 bridgehead atoms. The van der Waals surface area contributed by atoms with Crippen molar-refractivity contribution >= 4 is 0 Å². The lowest BCUT2D eigenvalue weighted by Crippen LogP contribution is -2.04. The maximum Gasteiger partial charge on any atom is 0.251 e. The van der Waals surface area contributed by atoms with Gasteiger partial charge in [-0.15, -0.1) is 0 Å². The Morgan fingerprint density at radius 2 is 2.00 bits per heavy atom. The van der Waals surface area contributed by atoms with E-state index in [0.29, 0.717) is 5.92 Å². The molecule has 0 heterocycles. The van der Waals surface area contributed by atoms with E-state index in [2.05, 4.69) is 13.8 Å². The Bertz CT molecular complexity index is 154. The maximum absolute atomic E-state index is 12.6. The van der Waals surface area contributed by atoms with Crippen LogP contribution in [0.2, 0.25) is 0 Å². The van der Waals surface area contributed by atoms with Gasteiger partial charge in [-0.3, -0.25) is 0 Å². The van der Waals surface area contributed by atoms with Crippen LogP contribution in [0, 0.1) is 11.8 Å². The third-order valence-electron chi connectivity index (χ3n) is 3.12. The SMILES string of the molecule is CCCCC(CC)CC1CC1(F)F. The second-order valence-corrected chi connectivity index (χ2v) is 4.31. The van der Waals surface area contributed by atoms with Crippen LogP contribution >= 0.6 is 0 Å². The first-order valence-electron chi connectivity index (χ1n) is 5.48. The molecule has 2 atom stereocenters. The number of hydrogen-bond acceptors (Lipinski definition) is 0. The zero-order chi connectivity index (χ0) is 9.90. The van der Waals surface area contributed by atoms with E-state index >= 15 is 0 Å². The van der Waals surface area contributed by atoms with E-state index < -0.39 is 5.92 Å². The molecule has 78 valence electrons. The van der Waals surface area contributed by atoms with Gasteiger partial charge in [0.2, 0.25) is 0 Å². The average Bonchev–Trinajstić information content (AvgIpc) is 2.67. The lowest BCUT2D eigenvalue weighted by molar-refractivity contribution is 0.0921. The van der Waals surface area contributed by atoms with Gasteiger partial charge in [0.15, 0.2) is 0 Å². The predicted molar refractivity (Wildman–Crippen MR) is 51.0 cm³/mol. The van der Waals surface area contributed by atoms with E-state index in [-0.39, 0.29) is 12.3 Å². The van der Waals surface area contributed by atoms with Crippen LogP contribution in [0.3, 0.4) is 0 Å². The van der Waals surface area contributed by atoms with Crippen molar-refractivity contribution in [3.05, 3.63) is 0 Å². The highest BCUT2D eigenvalue weighted by Crippen LogP contribution is 2.52. The highest BCUT2D eigenvalue weighted by molar-refractivity contribution is 4.95. The molecule has 1 fully saturated rings. The Balaban J connectivity index is 2.17. The van der Waals surface area contributed by atoms with Gasteiger partial charge in [0.05, 0.1) is 0 Å². The Morgan fingerprint density at radius 3 is 2.38 bits per heavy atom. The van der Waals surface area contributed by atoms with Crippen LogP contribution in [0.25, 0.3) is 0 Å². The Hall–Kier alpha value is -0.140. The van der Waals surface area contributed by atoms with Gasteiger partial charge in [0.1, 0.15) is 0 Å². The standard InChI is InChI=1S/C11H20F2/c1-3-5-6-9(4-2)7-10-8-11(10,12)13/h9-10H,3-8H2,1-2H3. The van der Waals surface area contributed by atoms with Gasteiger partial charge >= 0.3 is 0 Å². The van der Waals surface area contributed by atoms with Gasteiger partial charge in [-0.2, -0.15) is 0 Å². The summed E-state index contributed by atoms with van der Waals surface area (Å²) >= 11 is 0. The van der Waals surface area contributed by atoms with Crippen molar-refractivity contribution in [2.24, 2.45) is 11.8 Å². The lowest BCUT2D eigenvalue weighted by Gasteiger charge is -2.13. The molecule has 0 aromatic heterocycles. The summed E-state index contributed by atoms with van der Waals surface area (Å²) in [7, 11) is 0. The molecule has 13 heavy (non-hydrogen) atoms. The Morgan fingerprint density at radius 1 is 1.38 bits per heavy atom. The van der Waals surface area contributed by atoms with Crippen LogP contribution in [0.4, 0.5) is 8.78 Å². The van der Waals surface area contributed by atoms with Crippen molar-refractivity contribution in [1.29, 1.82) is 0 Å². The number of unbranched alkanes of at least 4 members (excludes halogenated alkanes) is 1. The fraction of sp³-hybridized carbons (Fsp3) is 1.00. The second-order valence-electron chi connectivity index (χ2n) is 4.31. The summed E-state index contributed by atoms with van der Waals surface area (Å²) in [6, 6.07) is 0. The number of halogens is 2. The quantitative estimate of drug-likeness (QED) is 0.587. The summed E-state index contributed by atoms with van der Waals surface area (Å²) in [5.74, 6) is -2.05. The Kier molecular flexibility index (Phi) is 3.69. The van der Waals surface area contributed by atoms with Gasteiger partial charge in [-0.05, 0) is 12.3 Å². The molecule has 0 nitrogen and oxygen atoms in total. The van der Waals surface area contributed by atoms with Crippen LogP contribution in [0.1, 0.15) is 52.4 Å². The minimum atomic E-state index is -2.31. The molecule has 2 heteroatoms. The smallest absolute Gasteiger partial charge is 0.207 e. The maximum atomic E-state index is 12.6. The summed E-state index contributed by atoms with van der Waals surface area (Å²) < 4.78 is 25.2. The third-order valence-corrected chi connectivity index (χ3v) is 3.12. The molecule has 0 spiro atoms. The van der Waals surface area contributed by atoms with Crippen molar-refractivity contribution in [3.63, 3.8) is 0 Å². The monoisotopic (exact) mass is 190 g/mol. The molecule has 0 aromatic rings. The second kappa shape index (κ2) is 4.39. The molecule has 0 N–H and O–H groups in total. The largest absolute Gasteiger partial charge is 0.251 e. The van der Waals surface area contributed by atoms with Crippen molar-refractivity contribution in [1.82, 2.24) is 0 Å². The molecule has 1 saturated carbocycles. The van der Waals surface area contributed by atoms with Crippen molar-refractivity contribution < 1.29 is 8.78 Å². The van der Waals surface area contributed by atoms with Crippen molar-refractivity contribution in [2.45, 2.75) is 58.3 Å². The molecular weight excluding hydrogens is 170 g/mol. The molecule has 0 aromatic carbocycles. The van der Waals surface area contributed by atoms with Crippen LogP contribution in [-0.4, -0.2) is 5.92 Å². The van der Waals surface area contributed by atoms with E-state index in [9.17, 15) is 8.78 Å². The van der Waals surface area contributed by atoms with E-state index in [1.54, 1.807) is 0 Å². The van der Waals surface area contributed by atoms with Gasteiger partial charge in [0.25, 0.3) is 5.92 Å². The number of rotatable bonds is 6. The molecule has 1 aliphatic carbocycles. The normalized spacial score (nSPS) is 27.2. The predicted octanol–water partition coefficient (Wildman–Crippen LogP) is 4.25.